The molecule has 1 amide bonds. The predicted molar refractivity (Wildman–Crippen MR) is 138 cm³/mol. The van der Waals surface area contributed by atoms with Crippen LogP contribution in [-0.4, -0.2) is 16.9 Å². The number of para-hydroxylation sites is 2. The Hall–Kier alpha value is -3.81. The molecule has 0 saturated heterocycles. The number of nitrogens with zero attached hydrogens (tertiary/aromatic N) is 2. The number of guanidine groups is 1. The van der Waals surface area contributed by atoms with Crippen LogP contribution in [0.15, 0.2) is 93.5 Å². The smallest absolute Gasteiger partial charge is 0.302 e. The van der Waals surface area contributed by atoms with Crippen molar-refractivity contribution in [3.05, 3.63) is 105 Å². The lowest BCUT2D eigenvalue weighted by Crippen LogP contribution is -2.39. The van der Waals surface area contributed by atoms with Gasteiger partial charge in [0.15, 0.2) is 5.58 Å². The number of carbonyl (C=O) groups excluding carboxylic acids is 1. The highest BCUT2D eigenvalue weighted by Crippen LogP contribution is 2.35. The normalized spacial score (nSPS) is 15.5. The van der Waals surface area contributed by atoms with Crippen LogP contribution in [0.25, 0.3) is 11.1 Å². The summed E-state index contributed by atoms with van der Waals surface area (Å²) in [6.45, 7) is 2.17. The average Bonchev–Trinajstić information content (AvgIpc) is 3.26. The Morgan fingerprint density at radius 3 is 2.54 bits per heavy atom. The number of aliphatic imine (C=N–C) groups is 1. The molecule has 0 saturated carbocycles. The Bertz CT molecular complexity index is 1430. The van der Waals surface area contributed by atoms with Crippen LogP contribution in [0.3, 0.4) is 0 Å². The van der Waals surface area contributed by atoms with Gasteiger partial charge >= 0.3 is 6.01 Å². The Kier molecular flexibility index (Phi) is 6.44. The molecule has 0 fully saturated rings. The van der Waals surface area contributed by atoms with Gasteiger partial charge in [-0.05, 0) is 42.8 Å². The number of aromatic nitrogens is 1. The Balaban J connectivity index is 1.43. The second-order valence-electron chi connectivity index (χ2n) is 7.99. The number of rotatable bonds is 5. The molecule has 5 rings (SSSR count). The molecular formula is C26H21Cl2N5O2. The van der Waals surface area contributed by atoms with E-state index in [-0.39, 0.29) is 5.91 Å². The van der Waals surface area contributed by atoms with E-state index in [9.17, 15) is 4.79 Å². The van der Waals surface area contributed by atoms with Gasteiger partial charge in [0, 0.05) is 27.9 Å². The van der Waals surface area contributed by atoms with Gasteiger partial charge in [-0.1, -0.05) is 65.7 Å². The molecule has 9 heteroatoms. The third-order valence-corrected chi connectivity index (χ3v) is 6.17. The number of carbonyl (C=O) groups is 1. The van der Waals surface area contributed by atoms with Gasteiger partial charge in [0.1, 0.15) is 11.6 Å². The molecule has 0 bridgehead atoms. The predicted octanol–water partition coefficient (Wildman–Crippen LogP) is 5.84. The van der Waals surface area contributed by atoms with Crippen LogP contribution in [0.2, 0.25) is 10.0 Å². The number of amides is 1. The van der Waals surface area contributed by atoms with E-state index in [4.69, 9.17) is 32.6 Å². The van der Waals surface area contributed by atoms with Gasteiger partial charge in [0.25, 0.3) is 5.91 Å². The highest BCUT2D eigenvalue weighted by molar-refractivity contribution is 6.31. The van der Waals surface area contributed by atoms with Crippen molar-refractivity contribution in [2.24, 2.45) is 4.99 Å². The van der Waals surface area contributed by atoms with Gasteiger partial charge in [0.2, 0.25) is 5.96 Å². The van der Waals surface area contributed by atoms with E-state index in [1.807, 2.05) is 61.5 Å². The molecule has 1 unspecified atom stereocenters. The lowest BCUT2D eigenvalue weighted by Gasteiger charge is -2.27. The maximum atomic E-state index is 13.3. The molecule has 176 valence electrons. The molecule has 7 nitrogen and oxygen atoms in total. The topological polar surface area (TPSA) is 91.5 Å². The zero-order chi connectivity index (χ0) is 24.4. The van der Waals surface area contributed by atoms with Crippen molar-refractivity contribution in [3.63, 3.8) is 0 Å². The van der Waals surface area contributed by atoms with Gasteiger partial charge in [0.05, 0.1) is 5.57 Å². The van der Waals surface area contributed by atoms with Crippen molar-refractivity contribution in [1.29, 1.82) is 0 Å². The largest absolute Gasteiger partial charge is 0.423 e. The minimum absolute atomic E-state index is 0.250. The number of hydrogen-bond donors (Lipinski definition) is 3. The summed E-state index contributed by atoms with van der Waals surface area (Å²) >= 11 is 12.5. The van der Waals surface area contributed by atoms with E-state index >= 15 is 0 Å². The van der Waals surface area contributed by atoms with E-state index in [1.165, 1.54) is 0 Å². The number of oxazole rings is 1. The van der Waals surface area contributed by atoms with Crippen molar-refractivity contribution in [3.8, 4) is 0 Å². The van der Waals surface area contributed by atoms with Crippen LogP contribution in [-0.2, 0) is 11.3 Å². The molecule has 0 aliphatic carbocycles. The van der Waals surface area contributed by atoms with E-state index in [0.717, 1.165) is 11.1 Å². The quantitative estimate of drug-likeness (QED) is 0.317. The minimum Gasteiger partial charge on any atom is -0.423 e. The van der Waals surface area contributed by atoms with Crippen molar-refractivity contribution in [2.45, 2.75) is 19.5 Å². The maximum absolute atomic E-state index is 13.3. The van der Waals surface area contributed by atoms with E-state index < -0.39 is 6.04 Å². The van der Waals surface area contributed by atoms with Crippen LogP contribution in [0.1, 0.15) is 24.1 Å². The number of halogens is 2. The molecule has 3 N–H and O–H groups in total. The SMILES string of the molecule is CC1=C(C(=O)NCc2ccc(Cl)cc2)C(c2ccccc2Cl)N=C(Nc2nc3ccccc3o2)N1. The molecule has 2 heterocycles. The zero-order valence-electron chi connectivity index (χ0n) is 18.7. The highest BCUT2D eigenvalue weighted by Gasteiger charge is 2.31. The summed E-state index contributed by atoms with van der Waals surface area (Å²) in [7, 11) is 0. The molecule has 1 aromatic heterocycles. The van der Waals surface area contributed by atoms with Crippen LogP contribution < -0.4 is 16.0 Å². The summed E-state index contributed by atoms with van der Waals surface area (Å²) in [5.74, 6) is 0.146. The van der Waals surface area contributed by atoms with E-state index in [0.29, 0.717) is 51.0 Å². The Labute approximate surface area is 211 Å². The first kappa shape index (κ1) is 23.0. The van der Waals surface area contributed by atoms with Crippen LogP contribution in [0.5, 0.6) is 0 Å². The molecule has 1 aliphatic heterocycles. The fraction of sp³-hybridized carbons (Fsp3) is 0.115. The molecule has 35 heavy (non-hydrogen) atoms. The number of allylic oxidation sites excluding steroid dienone is 1. The van der Waals surface area contributed by atoms with Gasteiger partial charge in [-0.3, -0.25) is 10.1 Å². The van der Waals surface area contributed by atoms with Gasteiger partial charge in [-0.25, -0.2) is 4.99 Å². The first-order chi connectivity index (χ1) is 17.0. The Morgan fingerprint density at radius 1 is 1.03 bits per heavy atom. The molecule has 0 radical (unpaired) electrons. The molecule has 3 aromatic carbocycles. The summed E-state index contributed by atoms with van der Waals surface area (Å²) < 4.78 is 5.77. The van der Waals surface area contributed by atoms with E-state index in [2.05, 4.69) is 20.9 Å². The molecule has 0 spiro atoms. The number of benzene rings is 3. The van der Waals surface area contributed by atoms with Crippen molar-refractivity contribution >= 4 is 52.2 Å². The van der Waals surface area contributed by atoms with Crippen LogP contribution in [0.4, 0.5) is 6.01 Å². The first-order valence-electron chi connectivity index (χ1n) is 10.9. The number of nitrogens with one attached hydrogen (secondary N) is 3. The average molecular weight is 506 g/mol. The lowest BCUT2D eigenvalue weighted by molar-refractivity contribution is -0.118. The van der Waals surface area contributed by atoms with Gasteiger partial charge in [-0.15, -0.1) is 0 Å². The summed E-state index contributed by atoms with van der Waals surface area (Å²) in [4.78, 5) is 22.5. The second kappa shape index (κ2) is 9.82. The molecule has 4 aromatic rings. The fourth-order valence-electron chi connectivity index (χ4n) is 3.86. The molecular weight excluding hydrogens is 485 g/mol. The second-order valence-corrected chi connectivity index (χ2v) is 8.83. The summed E-state index contributed by atoms with van der Waals surface area (Å²) in [6.07, 6.45) is 0. The third kappa shape index (κ3) is 5.01. The van der Waals surface area contributed by atoms with Gasteiger partial charge < -0.3 is 15.1 Å². The van der Waals surface area contributed by atoms with Crippen molar-refractivity contribution < 1.29 is 9.21 Å². The standard InChI is InChI=1S/C26H21Cl2N5O2/c1-15-22(24(34)29-14-16-10-12-17(27)13-11-16)23(18-6-2-3-7-19(18)28)32-25(30-15)33-26-31-20-8-4-5-9-21(20)35-26/h2-13,23H,14H2,1H3,(H,29,34)(H2,30,31,32,33). The van der Waals surface area contributed by atoms with Crippen LogP contribution in [0, 0.1) is 0 Å². The van der Waals surface area contributed by atoms with E-state index in [1.54, 1.807) is 18.2 Å². The molecule has 1 aliphatic rings. The lowest BCUT2D eigenvalue weighted by atomic mass is 9.95. The highest BCUT2D eigenvalue weighted by atomic mass is 35.5. The minimum atomic E-state index is -0.637. The summed E-state index contributed by atoms with van der Waals surface area (Å²) in [6, 6.07) is 21.8. The van der Waals surface area contributed by atoms with Crippen molar-refractivity contribution in [2.75, 3.05) is 5.32 Å². The monoisotopic (exact) mass is 505 g/mol. The first-order valence-corrected chi connectivity index (χ1v) is 11.7. The van der Waals surface area contributed by atoms with Crippen LogP contribution >= 0.6 is 23.2 Å². The van der Waals surface area contributed by atoms with Crippen molar-refractivity contribution in [1.82, 2.24) is 15.6 Å². The third-order valence-electron chi connectivity index (χ3n) is 5.57. The summed E-state index contributed by atoms with van der Waals surface area (Å²) in [5, 5.41) is 10.4. The number of fused-ring (bicyclic) bond motifs is 1. The zero-order valence-corrected chi connectivity index (χ0v) is 20.2. The summed E-state index contributed by atoms with van der Waals surface area (Å²) in [5.41, 5.74) is 4.13. The maximum Gasteiger partial charge on any atom is 0.302 e. The van der Waals surface area contributed by atoms with Gasteiger partial charge in [-0.2, -0.15) is 4.98 Å². The molecule has 1 atom stereocenters. The number of hydrogen-bond acceptors (Lipinski definition) is 6. The fourth-order valence-corrected chi connectivity index (χ4v) is 4.23. The Morgan fingerprint density at radius 2 is 1.77 bits per heavy atom. The number of anilines is 1.